The molecule has 1 saturated carbocycles. The topological polar surface area (TPSA) is 45.8 Å². The maximum absolute atomic E-state index is 14.3. The number of hydrogen-bond donors (Lipinski definition) is 1. The fraction of sp³-hybridized carbons (Fsp3) is 0.455. The highest BCUT2D eigenvalue weighted by Gasteiger charge is 2.23. The van der Waals surface area contributed by atoms with E-state index in [2.05, 4.69) is 60.8 Å². The van der Waals surface area contributed by atoms with Gasteiger partial charge in [-0.25, -0.2) is 9.37 Å². The third kappa shape index (κ3) is 6.85. The summed E-state index contributed by atoms with van der Waals surface area (Å²) in [5.74, 6) is 1.79. The number of allylic oxidation sites excluding steroid dienone is 9. The van der Waals surface area contributed by atoms with Crippen molar-refractivity contribution in [1.82, 2.24) is 9.97 Å². The minimum atomic E-state index is -0.177. The van der Waals surface area contributed by atoms with Crippen LogP contribution in [0.1, 0.15) is 89.4 Å². The van der Waals surface area contributed by atoms with Gasteiger partial charge in [-0.2, -0.15) is 0 Å². The van der Waals surface area contributed by atoms with Gasteiger partial charge in [0.15, 0.2) is 0 Å². The van der Waals surface area contributed by atoms with E-state index in [9.17, 15) is 9.18 Å². The molecule has 0 bridgehead atoms. The Morgan fingerprint density at radius 2 is 1.97 bits per heavy atom. The number of carbonyl (C=O) groups is 1. The van der Waals surface area contributed by atoms with E-state index in [1.807, 2.05) is 6.07 Å². The number of imidazole rings is 1. The second-order valence-electron chi connectivity index (χ2n) is 10.6. The van der Waals surface area contributed by atoms with Crippen molar-refractivity contribution in [3.8, 4) is 0 Å². The van der Waals surface area contributed by atoms with Gasteiger partial charge in [0.25, 0.3) is 0 Å². The van der Waals surface area contributed by atoms with Gasteiger partial charge in [-0.15, -0.1) is 0 Å². The molecule has 1 N–H and O–H groups in total. The molecule has 0 saturated heterocycles. The standard InChI is InChI=1S/C33H41FN2O/c1-4-8-29-21-31-32(22-30(29)34)36-33(35-31)23(3)9-6-10-25(5-2)26-11-7-12-27(18-17-26)28-15-13-24(14-16-28)19-20-37/h5,11-12,17-18,20-22,24,28H,3-4,6-10,13-16,19H2,1-2H3,(H,35,36). The van der Waals surface area contributed by atoms with E-state index in [-0.39, 0.29) is 5.82 Å². The summed E-state index contributed by atoms with van der Waals surface area (Å²) in [4.78, 5) is 18.8. The van der Waals surface area contributed by atoms with Gasteiger partial charge in [-0.05, 0) is 110 Å². The Bertz CT molecular complexity index is 1230. The summed E-state index contributed by atoms with van der Waals surface area (Å²) in [5, 5.41) is 0. The Kier molecular flexibility index (Phi) is 9.49. The Hall–Kier alpha value is -3.01. The number of carbonyl (C=O) groups excluding carboxylic acids is 1. The molecule has 0 spiro atoms. The molecule has 4 heteroatoms. The number of aromatic nitrogens is 2. The molecule has 2 aromatic rings. The van der Waals surface area contributed by atoms with Gasteiger partial charge in [0, 0.05) is 12.5 Å². The molecule has 4 rings (SSSR count). The fourth-order valence-corrected chi connectivity index (χ4v) is 5.82. The monoisotopic (exact) mass is 500 g/mol. The molecule has 0 radical (unpaired) electrons. The van der Waals surface area contributed by atoms with Crippen molar-refractivity contribution in [2.45, 2.75) is 84.5 Å². The third-order valence-electron chi connectivity index (χ3n) is 8.04. The van der Waals surface area contributed by atoms with Crippen molar-refractivity contribution in [3.63, 3.8) is 0 Å². The molecule has 1 fully saturated rings. The first-order chi connectivity index (χ1) is 18.0. The first-order valence-electron chi connectivity index (χ1n) is 14.1. The van der Waals surface area contributed by atoms with Crippen LogP contribution >= 0.6 is 0 Å². The zero-order valence-corrected chi connectivity index (χ0v) is 22.5. The number of fused-ring (bicyclic) bond motifs is 1. The second kappa shape index (κ2) is 13.0. The lowest BCUT2D eigenvalue weighted by Crippen LogP contribution is -2.16. The van der Waals surface area contributed by atoms with Crippen LogP contribution in [-0.2, 0) is 11.2 Å². The summed E-state index contributed by atoms with van der Waals surface area (Å²) in [6.45, 7) is 8.44. The van der Waals surface area contributed by atoms with E-state index in [4.69, 9.17) is 0 Å². The lowest BCUT2D eigenvalue weighted by molar-refractivity contribution is -0.108. The number of nitrogens with one attached hydrogen (secondary N) is 1. The molecule has 0 atom stereocenters. The molecular formula is C33H41FN2O. The molecule has 1 aromatic carbocycles. The van der Waals surface area contributed by atoms with Crippen molar-refractivity contribution < 1.29 is 9.18 Å². The summed E-state index contributed by atoms with van der Waals surface area (Å²) in [6, 6.07) is 3.43. The van der Waals surface area contributed by atoms with Crippen LogP contribution in [0.2, 0.25) is 0 Å². The molecule has 2 aliphatic carbocycles. The molecule has 1 aromatic heterocycles. The average Bonchev–Trinajstić information content (AvgIpc) is 3.15. The number of aryl methyl sites for hydroxylation is 1. The minimum Gasteiger partial charge on any atom is -0.338 e. The van der Waals surface area contributed by atoms with Crippen LogP contribution in [0.5, 0.6) is 0 Å². The van der Waals surface area contributed by atoms with Gasteiger partial charge in [-0.1, -0.05) is 50.3 Å². The van der Waals surface area contributed by atoms with Crippen molar-refractivity contribution in [2.24, 2.45) is 11.8 Å². The molecule has 1 heterocycles. The predicted molar refractivity (Wildman–Crippen MR) is 153 cm³/mol. The fourth-order valence-electron chi connectivity index (χ4n) is 5.82. The number of hydrogen-bond acceptors (Lipinski definition) is 2. The van der Waals surface area contributed by atoms with E-state index in [0.717, 1.165) is 73.7 Å². The van der Waals surface area contributed by atoms with Crippen LogP contribution in [0, 0.1) is 17.7 Å². The quantitative estimate of drug-likeness (QED) is 0.313. The van der Waals surface area contributed by atoms with Crippen molar-refractivity contribution in [3.05, 3.63) is 83.0 Å². The first-order valence-corrected chi connectivity index (χ1v) is 14.1. The van der Waals surface area contributed by atoms with Crippen LogP contribution in [0.25, 0.3) is 16.6 Å². The molecule has 2 aliphatic rings. The van der Waals surface area contributed by atoms with Crippen LogP contribution in [-0.4, -0.2) is 16.3 Å². The molecular weight excluding hydrogens is 459 g/mol. The Balaban J connectivity index is 1.31. The molecule has 0 amide bonds. The summed E-state index contributed by atoms with van der Waals surface area (Å²) in [5.41, 5.74) is 7.38. The Labute approximate surface area is 221 Å². The number of benzene rings is 1. The Morgan fingerprint density at radius 1 is 1.16 bits per heavy atom. The molecule has 0 unspecified atom stereocenters. The van der Waals surface area contributed by atoms with Crippen LogP contribution in [0.3, 0.4) is 0 Å². The van der Waals surface area contributed by atoms with Crippen molar-refractivity contribution >= 4 is 22.9 Å². The average molecular weight is 501 g/mol. The third-order valence-corrected chi connectivity index (χ3v) is 8.04. The van der Waals surface area contributed by atoms with Gasteiger partial charge in [-0.3, -0.25) is 0 Å². The Morgan fingerprint density at radius 3 is 2.70 bits per heavy atom. The second-order valence-corrected chi connectivity index (χ2v) is 10.6. The first kappa shape index (κ1) is 27.0. The van der Waals surface area contributed by atoms with Crippen molar-refractivity contribution in [1.29, 1.82) is 0 Å². The maximum atomic E-state index is 14.3. The number of aromatic amines is 1. The summed E-state index contributed by atoms with van der Waals surface area (Å²) >= 11 is 0. The predicted octanol–water partition coefficient (Wildman–Crippen LogP) is 8.99. The zero-order chi connectivity index (χ0) is 26.2. The summed E-state index contributed by atoms with van der Waals surface area (Å²) in [7, 11) is 0. The molecule has 0 aliphatic heterocycles. The summed E-state index contributed by atoms with van der Waals surface area (Å²) < 4.78 is 14.3. The van der Waals surface area contributed by atoms with E-state index in [1.54, 1.807) is 0 Å². The highest BCUT2D eigenvalue weighted by molar-refractivity contribution is 5.79. The lowest BCUT2D eigenvalue weighted by Gasteiger charge is -2.28. The van der Waals surface area contributed by atoms with E-state index >= 15 is 0 Å². The number of H-pyrrole nitrogens is 1. The van der Waals surface area contributed by atoms with Gasteiger partial charge >= 0.3 is 0 Å². The molecule has 37 heavy (non-hydrogen) atoms. The SMILES string of the molecule is C=C(CCCC(=CC)C1=CCC=C(C2CCC(CC=O)CC2)C=C1)c1nc2cc(F)c(CCC)cc2[nH]1. The van der Waals surface area contributed by atoms with Crippen LogP contribution < -0.4 is 0 Å². The van der Waals surface area contributed by atoms with E-state index in [1.165, 1.54) is 48.5 Å². The molecule has 196 valence electrons. The number of rotatable bonds is 11. The summed E-state index contributed by atoms with van der Waals surface area (Å²) in [6.07, 6.45) is 23.5. The van der Waals surface area contributed by atoms with Crippen LogP contribution in [0.15, 0.2) is 65.8 Å². The normalized spacial score (nSPS) is 20.5. The molecule has 3 nitrogen and oxygen atoms in total. The number of nitrogens with zero attached hydrogens (tertiary/aromatic N) is 1. The minimum absolute atomic E-state index is 0.177. The largest absolute Gasteiger partial charge is 0.338 e. The lowest BCUT2D eigenvalue weighted by atomic mass is 9.77. The highest BCUT2D eigenvalue weighted by Crippen LogP contribution is 2.36. The van der Waals surface area contributed by atoms with Crippen molar-refractivity contribution in [2.75, 3.05) is 0 Å². The van der Waals surface area contributed by atoms with Gasteiger partial charge in [0.05, 0.1) is 11.0 Å². The van der Waals surface area contributed by atoms with Gasteiger partial charge in [0.2, 0.25) is 0 Å². The highest BCUT2D eigenvalue weighted by atomic mass is 19.1. The van der Waals surface area contributed by atoms with Gasteiger partial charge < -0.3 is 9.78 Å². The van der Waals surface area contributed by atoms with E-state index in [0.29, 0.717) is 17.4 Å². The van der Waals surface area contributed by atoms with Gasteiger partial charge in [0.1, 0.15) is 17.9 Å². The van der Waals surface area contributed by atoms with E-state index < -0.39 is 0 Å². The maximum Gasteiger partial charge on any atom is 0.133 e. The van der Waals surface area contributed by atoms with Crippen LogP contribution in [0.4, 0.5) is 4.39 Å². The number of aldehydes is 1. The number of halogens is 1. The zero-order valence-electron chi connectivity index (χ0n) is 22.5. The smallest absolute Gasteiger partial charge is 0.133 e.